The van der Waals surface area contributed by atoms with E-state index >= 15 is 0 Å². The van der Waals surface area contributed by atoms with Crippen LogP contribution in [0.4, 0.5) is 5.82 Å². The summed E-state index contributed by atoms with van der Waals surface area (Å²) in [5, 5.41) is 12.1. The Morgan fingerprint density at radius 2 is 1.90 bits per heavy atom. The number of anilines is 1. The van der Waals surface area contributed by atoms with Gasteiger partial charge in [-0.2, -0.15) is 0 Å². The van der Waals surface area contributed by atoms with Crippen LogP contribution in [0.2, 0.25) is 0 Å². The van der Waals surface area contributed by atoms with Crippen LogP contribution in [0.15, 0.2) is 47.1 Å². The number of carboxylic acid groups (broad SMARTS) is 1. The molecule has 0 unspecified atom stereocenters. The van der Waals surface area contributed by atoms with Crippen LogP contribution in [0.1, 0.15) is 21.0 Å². The molecule has 0 aliphatic heterocycles. The van der Waals surface area contributed by atoms with Crippen molar-refractivity contribution in [3.8, 4) is 0 Å². The maximum atomic E-state index is 12.1. The molecule has 1 amide bonds. The van der Waals surface area contributed by atoms with Crippen molar-refractivity contribution >= 4 is 28.7 Å². The minimum Gasteiger partial charge on any atom is -0.476 e. The summed E-state index contributed by atoms with van der Waals surface area (Å²) in [7, 11) is 0. The number of para-hydroxylation sites is 1. The number of nitrogens with zero attached hydrogens (tertiary/aromatic N) is 2. The van der Waals surface area contributed by atoms with Gasteiger partial charge in [0.15, 0.2) is 17.3 Å². The van der Waals surface area contributed by atoms with Gasteiger partial charge in [0.25, 0.3) is 5.91 Å². The summed E-state index contributed by atoms with van der Waals surface area (Å²) in [5.41, 5.74) is 0.238. The Balaban J connectivity index is 1.91. The molecule has 2 aromatic heterocycles. The largest absolute Gasteiger partial charge is 0.476 e. The molecule has 0 aliphatic rings. The van der Waals surface area contributed by atoms with Crippen molar-refractivity contribution in [1.29, 1.82) is 0 Å². The highest BCUT2D eigenvalue weighted by Gasteiger charge is 2.18. The van der Waals surface area contributed by atoms with Crippen molar-refractivity contribution in [2.75, 3.05) is 5.32 Å². The molecule has 0 spiro atoms. The van der Waals surface area contributed by atoms with Crippen LogP contribution in [-0.2, 0) is 0 Å². The standard InChI is InChI=1S/C14H9N3O4/c18-13(10-7-8-3-1-2-4-9(8)21-10)17-12-11(14(19)20)15-5-6-16-12/h1-7H,(H,19,20)(H,16,17,18). The van der Waals surface area contributed by atoms with E-state index in [9.17, 15) is 9.59 Å². The van der Waals surface area contributed by atoms with E-state index in [-0.39, 0.29) is 17.3 Å². The van der Waals surface area contributed by atoms with Crippen LogP contribution in [0, 0.1) is 0 Å². The molecule has 1 aromatic carbocycles. The van der Waals surface area contributed by atoms with Crippen LogP contribution in [-0.4, -0.2) is 27.0 Å². The van der Waals surface area contributed by atoms with Crippen LogP contribution >= 0.6 is 0 Å². The third kappa shape index (κ3) is 2.44. The van der Waals surface area contributed by atoms with E-state index in [1.54, 1.807) is 24.3 Å². The molecule has 0 radical (unpaired) electrons. The second-order valence-electron chi connectivity index (χ2n) is 4.16. The van der Waals surface area contributed by atoms with Crippen molar-refractivity contribution in [3.63, 3.8) is 0 Å². The van der Waals surface area contributed by atoms with Crippen LogP contribution < -0.4 is 5.32 Å². The first-order valence-electron chi connectivity index (χ1n) is 5.99. The first-order valence-corrected chi connectivity index (χ1v) is 5.99. The average Bonchev–Trinajstić information content (AvgIpc) is 2.91. The van der Waals surface area contributed by atoms with E-state index < -0.39 is 11.9 Å². The molecule has 7 nitrogen and oxygen atoms in total. The highest BCUT2D eigenvalue weighted by molar-refractivity contribution is 6.06. The van der Waals surface area contributed by atoms with E-state index in [1.165, 1.54) is 12.4 Å². The van der Waals surface area contributed by atoms with Gasteiger partial charge in [-0.05, 0) is 12.1 Å². The molecule has 3 aromatic rings. The van der Waals surface area contributed by atoms with Crippen LogP contribution in [0.5, 0.6) is 0 Å². The molecular formula is C14H9N3O4. The quantitative estimate of drug-likeness (QED) is 0.763. The fraction of sp³-hybridized carbons (Fsp3) is 0. The molecule has 21 heavy (non-hydrogen) atoms. The van der Waals surface area contributed by atoms with Gasteiger partial charge in [0.1, 0.15) is 5.58 Å². The number of amides is 1. The fourth-order valence-electron chi connectivity index (χ4n) is 1.85. The van der Waals surface area contributed by atoms with Gasteiger partial charge in [0.05, 0.1) is 0 Å². The summed E-state index contributed by atoms with van der Waals surface area (Å²) >= 11 is 0. The number of benzene rings is 1. The van der Waals surface area contributed by atoms with Gasteiger partial charge < -0.3 is 14.8 Å². The molecule has 0 saturated carbocycles. The zero-order valence-corrected chi connectivity index (χ0v) is 10.6. The summed E-state index contributed by atoms with van der Waals surface area (Å²) < 4.78 is 5.39. The number of rotatable bonds is 3. The fourth-order valence-corrected chi connectivity index (χ4v) is 1.85. The number of hydrogen-bond acceptors (Lipinski definition) is 5. The zero-order chi connectivity index (χ0) is 14.8. The third-order valence-electron chi connectivity index (χ3n) is 2.78. The predicted octanol–water partition coefficient (Wildman–Crippen LogP) is 2.17. The topological polar surface area (TPSA) is 105 Å². The second-order valence-corrected chi connectivity index (χ2v) is 4.16. The molecule has 0 atom stereocenters. The number of fused-ring (bicyclic) bond motifs is 1. The molecule has 0 aliphatic carbocycles. The Bertz CT molecular complexity index is 808. The SMILES string of the molecule is O=C(Nc1nccnc1C(=O)O)c1cc2ccccc2o1. The molecule has 0 fully saturated rings. The van der Waals surface area contributed by atoms with Gasteiger partial charge in [-0.1, -0.05) is 18.2 Å². The van der Waals surface area contributed by atoms with Crippen LogP contribution in [0.3, 0.4) is 0 Å². The lowest BCUT2D eigenvalue weighted by atomic mass is 10.2. The number of furan rings is 1. The Hall–Kier alpha value is -3.22. The van der Waals surface area contributed by atoms with Gasteiger partial charge in [-0.25, -0.2) is 14.8 Å². The Labute approximate surface area is 118 Å². The van der Waals surface area contributed by atoms with Crippen molar-refractivity contribution in [3.05, 3.63) is 54.2 Å². The number of hydrogen-bond donors (Lipinski definition) is 2. The van der Waals surface area contributed by atoms with E-state index in [1.807, 2.05) is 6.07 Å². The minimum absolute atomic E-state index is 0.0678. The Kier molecular flexibility index (Phi) is 3.07. The normalized spacial score (nSPS) is 10.5. The summed E-state index contributed by atoms with van der Waals surface area (Å²) in [6, 6.07) is 8.72. The molecule has 2 N–H and O–H groups in total. The Morgan fingerprint density at radius 1 is 1.14 bits per heavy atom. The second kappa shape index (κ2) is 5.04. The number of carbonyl (C=O) groups is 2. The number of aromatic nitrogens is 2. The lowest BCUT2D eigenvalue weighted by molar-refractivity contribution is 0.0691. The van der Waals surface area contributed by atoms with Gasteiger partial charge in [-0.3, -0.25) is 4.79 Å². The number of carboxylic acids is 1. The summed E-state index contributed by atoms with van der Waals surface area (Å²) in [4.78, 5) is 30.6. The summed E-state index contributed by atoms with van der Waals surface area (Å²) in [6.45, 7) is 0. The summed E-state index contributed by atoms with van der Waals surface area (Å²) in [6.07, 6.45) is 2.53. The number of carbonyl (C=O) groups excluding carboxylic acids is 1. The highest BCUT2D eigenvalue weighted by atomic mass is 16.4. The van der Waals surface area contributed by atoms with E-state index in [0.717, 1.165) is 5.39 Å². The minimum atomic E-state index is -1.27. The maximum Gasteiger partial charge on any atom is 0.358 e. The number of nitrogens with one attached hydrogen (secondary N) is 1. The van der Waals surface area contributed by atoms with Gasteiger partial charge >= 0.3 is 5.97 Å². The van der Waals surface area contributed by atoms with Crippen LogP contribution in [0.25, 0.3) is 11.0 Å². The molecular weight excluding hydrogens is 274 g/mol. The lowest BCUT2D eigenvalue weighted by Gasteiger charge is -2.04. The smallest absolute Gasteiger partial charge is 0.358 e. The van der Waals surface area contributed by atoms with Crippen molar-refractivity contribution in [2.24, 2.45) is 0 Å². The third-order valence-corrected chi connectivity index (χ3v) is 2.78. The number of aromatic carboxylic acids is 1. The zero-order valence-electron chi connectivity index (χ0n) is 10.6. The molecule has 0 bridgehead atoms. The average molecular weight is 283 g/mol. The molecule has 2 heterocycles. The van der Waals surface area contributed by atoms with Gasteiger partial charge in [0, 0.05) is 17.8 Å². The Morgan fingerprint density at radius 3 is 2.67 bits per heavy atom. The van der Waals surface area contributed by atoms with Crippen molar-refractivity contribution < 1.29 is 19.1 Å². The van der Waals surface area contributed by atoms with Crippen molar-refractivity contribution in [1.82, 2.24) is 9.97 Å². The molecule has 0 saturated heterocycles. The maximum absolute atomic E-state index is 12.1. The van der Waals surface area contributed by atoms with E-state index in [0.29, 0.717) is 5.58 Å². The lowest BCUT2D eigenvalue weighted by Crippen LogP contribution is -2.16. The van der Waals surface area contributed by atoms with E-state index in [4.69, 9.17) is 9.52 Å². The van der Waals surface area contributed by atoms with Gasteiger partial charge in [-0.15, -0.1) is 0 Å². The van der Waals surface area contributed by atoms with Crippen molar-refractivity contribution in [2.45, 2.75) is 0 Å². The summed E-state index contributed by atoms with van der Waals surface area (Å²) in [5.74, 6) is -1.93. The molecule has 104 valence electrons. The monoisotopic (exact) mass is 283 g/mol. The highest BCUT2D eigenvalue weighted by Crippen LogP contribution is 2.20. The molecule has 3 rings (SSSR count). The molecule has 7 heteroatoms. The first-order chi connectivity index (χ1) is 10.1. The van der Waals surface area contributed by atoms with Gasteiger partial charge in [0.2, 0.25) is 0 Å². The van der Waals surface area contributed by atoms with E-state index in [2.05, 4.69) is 15.3 Å². The predicted molar refractivity (Wildman–Crippen MR) is 73.2 cm³/mol. The first kappa shape index (κ1) is 12.8.